The van der Waals surface area contributed by atoms with Gasteiger partial charge in [-0.05, 0) is 38.6 Å². The molecule has 0 radical (unpaired) electrons. The largest absolute Gasteiger partial charge is 0.330 e. The smallest absolute Gasteiger partial charge is 0.109 e. The predicted molar refractivity (Wildman–Crippen MR) is 74.8 cm³/mol. The molecule has 0 saturated carbocycles. The molecule has 2 aliphatic rings. The Kier molecular flexibility index (Phi) is 4.03. The summed E-state index contributed by atoms with van der Waals surface area (Å²) in [4.78, 5) is 6.57. The van der Waals surface area contributed by atoms with Crippen LogP contribution in [0, 0.1) is 17.8 Å². The van der Waals surface area contributed by atoms with Gasteiger partial charge >= 0.3 is 0 Å². The van der Waals surface area contributed by atoms with E-state index in [9.17, 15) is 0 Å². The van der Waals surface area contributed by atoms with Crippen LogP contribution in [0.4, 0.5) is 0 Å². The lowest BCUT2D eigenvalue weighted by Crippen LogP contribution is -2.53. The third-order valence-electron chi connectivity index (χ3n) is 3.89. The van der Waals surface area contributed by atoms with Crippen LogP contribution in [0.2, 0.25) is 0 Å². The van der Waals surface area contributed by atoms with Crippen molar-refractivity contribution in [2.24, 2.45) is 10.7 Å². The summed E-state index contributed by atoms with van der Waals surface area (Å²) in [6.07, 6.45) is 12.4. The summed E-state index contributed by atoms with van der Waals surface area (Å²) in [5, 5.41) is 8.30. The molecule has 98 valence electrons. The van der Waals surface area contributed by atoms with Crippen LogP contribution in [0.25, 0.3) is 0 Å². The maximum absolute atomic E-state index is 8.30. The third kappa shape index (κ3) is 2.28. The van der Waals surface area contributed by atoms with Gasteiger partial charge in [0.25, 0.3) is 0 Å². The van der Waals surface area contributed by atoms with Crippen molar-refractivity contribution in [3.8, 4) is 12.3 Å². The zero-order chi connectivity index (χ0) is 13.0. The topological polar surface area (TPSA) is 65.5 Å². The number of amidine groups is 2. The van der Waals surface area contributed by atoms with Gasteiger partial charge in [-0.2, -0.15) is 0 Å². The number of nitrogens with one attached hydrogen (secondary N) is 1. The molecule has 2 rings (SSSR count). The van der Waals surface area contributed by atoms with Crippen LogP contribution in [0.3, 0.4) is 0 Å². The second kappa shape index (κ2) is 5.53. The summed E-state index contributed by atoms with van der Waals surface area (Å²) < 4.78 is 0. The van der Waals surface area contributed by atoms with Crippen molar-refractivity contribution in [2.75, 3.05) is 13.1 Å². The maximum atomic E-state index is 8.30. The summed E-state index contributed by atoms with van der Waals surface area (Å²) in [6, 6.07) is 0. The van der Waals surface area contributed by atoms with E-state index in [0.717, 1.165) is 57.3 Å². The molecule has 4 nitrogen and oxygen atoms in total. The Morgan fingerprint density at radius 1 is 1.39 bits per heavy atom. The molecular weight excluding hydrogens is 224 g/mol. The van der Waals surface area contributed by atoms with E-state index < -0.39 is 5.54 Å². The van der Waals surface area contributed by atoms with Gasteiger partial charge in [-0.1, -0.05) is 5.92 Å². The number of nitrogens with two attached hydrogens (primary N) is 1. The van der Waals surface area contributed by atoms with Crippen LogP contribution in [-0.4, -0.2) is 35.2 Å². The summed E-state index contributed by atoms with van der Waals surface area (Å²) >= 11 is 0. The molecule has 0 aromatic rings. The van der Waals surface area contributed by atoms with Crippen LogP contribution in [0.1, 0.15) is 44.9 Å². The van der Waals surface area contributed by atoms with Crippen molar-refractivity contribution in [3.05, 3.63) is 0 Å². The van der Waals surface area contributed by atoms with Crippen LogP contribution in [-0.2, 0) is 0 Å². The van der Waals surface area contributed by atoms with E-state index in [2.05, 4.69) is 10.9 Å². The van der Waals surface area contributed by atoms with Gasteiger partial charge in [0, 0.05) is 19.4 Å². The van der Waals surface area contributed by atoms with Gasteiger partial charge in [-0.3, -0.25) is 10.4 Å². The van der Waals surface area contributed by atoms with Crippen molar-refractivity contribution >= 4 is 11.7 Å². The van der Waals surface area contributed by atoms with E-state index in [1.54, 1.807) is 0 Å². The molecule has 4 heteroatoms. The molecule has 2 aliphatic heterocycles. The molecule has 18 heavy (non-hydrogen) atoms. The Morgan fingerprint density at radius 3 is 2.83 bits per heavy atom. The van der Waals surface area contributed by atoms with Crippen molar-refractivity contribution in [1.29, 1.82) is 5.41 Å². The van der Waals surface area contributed by atoms with Gasteiger partial charge in [0.1, 0.15) is 17.2 Å². The Balaban J connectivity index is 2.37. The van der Waals surface area contributed by atoms with Crippen molar-refractivity contribution in [3.63, 3.8) is 0 Å². The van der Waals surface area contributed by atoms with Crippen LogP contribution in [0.5, 0.6) is 0 Å². The zero-order valence-electron chi connectivity index (χ0n) is 10.9. The molecule has 0 aromatic heterocycles. The zero-order valence-corrected chi connectivity index (χ0v) is 10.9. The fraction of sp³-hybridized carbons (Fsp3) is 0.714. The molecular formula is C14H22N4. The second-order valence-corrected chi connectivity index (χ2v) is 5.11. The minimum absolute atomic E-state index is 0.411. The number of aliphatic imine (C=N–C) groups is 1. The fourth-order valence-corrected chi connectivity index (χ4v) is 2.99. The number of hydrogen-bond acceptors (Lipinski definition) is 3. The summed E-state index contributed by atoms with van der Waals surface area (Å²) in [6.45, 7) is 1.42. The van der Waals surface area contributed by atoms with Crippen molar-refractivity contribution in [2.45, 2.75) is 50.5 Å². The van der Waals surface area contributed by atoms with Crippen molar-refractivity contribution < 1.29 is 0 Å². The van der Waals surface area contributed by atoms with E-state index in [0.29, 0.717) is 12.4 Å². The predicted octanol–water partition coefficient (Wildman–Crippen LogP) is 1.75. The summed E-state index contributed by atoms with van der Waals surface area (Å²) in [5.74, 6) is 4.57. The lowest BCUT2D eigenvalue weighted by molar-refractivity contribution is 0.297. The fourth-order valence-electron chi connectivity index (χ4n) is 2.99. The first-order chi connectivity index (χ1) is 8.73. The van der Waals surface area contributed by atoms with Gasteiger partial charge < -0.3 is 10.6 Å². The van der Waals surface area contributed by atoms with Gasteiger partial charge in [0.05, 0.1) is 0 Å². The quantitative estimate of drug-likeness (QED) is 0.729. The Labute approximate surface area is 109 Å². The lowest BCUT2D eigenvalue weighted by Gasteiger charge is -2.40. The van der Waals surface area contributed by atoms with E-state index in [4.69, 9.17) is 17.6 Å². The first-order valence-corrected chi connectivity index (χ1v) is 6.82. The van der Waals surface area contributed by atoms with Crippen LogP contribution < -0.4 is 5.73 Å². The van der Waals surface area contributed by atoms with E-state index in [1.165, 1.54) is 0 Å². The molecule has 1 saturated heterocycles. The molecule has 0 bridgehead atoms. The van der Waals surface area contributed by atoms with Gasteiger partial charge in [0.15, 0.2) is 0 Å². The van der Waals surface area contributed by atoms with Gasteiger partial charge in [0.2, 0.25) is 0 Å². The number of likely N-dealkylation sites (tertiary alicyclic amines) is 1. The summed E-state index contributed by atoms with van der Waals surface area (Å²) in [7, 11) is 0. The first kappa shape index (κ1) is 13.1. The molecule has 0 spiro atoms. The van der Waals surface area contributed by atoms with Crippen LogP contribution >= 0.6 is 0 Å². The third-order valence-corrected chi connectivity index (χ3v) is 3.89. The minimum Gasteiger partial charge on any atom is -0.330 e. The second-order valence-electron chi connectivity index (χ2n) is 5.11. The molecule has 0 aromatic carbocycles. The van der Waals surface area contributed by atoms with Crippen LogP contribution in [0.15, 0.2) is 4.99 Å². The Hall–Kier alpha value is -1.34. The van der Waals surface area contributed by atoms with E-state index in [-0.39, 0.29) is 0 Å². The lowest BCUT2D eigenvalue weighted by atomic mass is 9.88. The number of terminal acetylenes is 1. The first-order valence-electron chi connectivity index (χ1n) is 6.82. The highest BCUT2D eigenvalue weighted by atomic mass is 15.3. The number of rotatable bonds is 2. The average molecular weight is 246 g/mol. The van der Waals surface area contributed by atoms with Crippen molar-refractivity contribution in [1.82, 2.24) is 4.90 Å². The molecule has 0 aliphatic carbocycles. The highest BCUT2D eigenvalue weighted by molar-refractivity contribution is 6.01. The number of hydrogen-bond donors (Lipinski definition) is 2. The molecule has 0 amide bonds. The maximum Gasteiger partial charge on any atom is 0.109 e. The average Bonchev–Trinajstić information content (AvgIpc) is 2.83. The molecule has 2 heterocycles. The number of nitrogens with zero attached hydrogens (tertiary/aromatic N) is 2. The minimum atomic E-state index is -0.411. The van der Waals surface area contributed by atoms with E-state index >= 15 is 0 Å². The molecule has 1 atom stereocenters. The van der Waals surface area contributed by atoms with Gasteiger partial charge in [-0.15, -0.1) is 6.42 Å². The van der Waals surface area contributed by atoms with E-state index in [1.807, 2.05) is 4.90 Å². The molecule has 1 unspecified atom stereocenters. The normalized spacial score (nSPS) is 28.8. The Bertz CT molecular complexity index is 393. The summed E-state index contributed by atoms with van der Waals surface area (Å²) in [5.41, 5.74) is 5.33. The Morgan fingerprint density at radius 2 is 2.22 bits per heavy atom. The standard InChI is InChI=1S/C14H22N4/c1-2-14(9-10-15)8-4-3-6-12(16)18(14)13-7-5-11-17-13/h1,16H,3-11,15H2. The van der Waals surface area contributed by atoms with Gasteiger partial charge in [-0.25, -0.2) is 0 Å². The SMILES string of the molecule is C#CC1(CCN)CCCCC(=N)N1C1=NCCC1. The molecule has 1 fully saturated rings. The highest BCUT2D eigenvalue weighted by Gasteiger charge is 2.40. The monoisotopic (exact) mass is 246 g/mol. The molecule has 3 N–H and O–H groups in total. The highest BCUT2D eigenvalue weighted by Crippen LogP contribution is 2.32.